The first kappa shape index (κ1) is 21.1. The molecule has 0 aromatic rings. The molecular weight excluding hydrogens is 274 g/mol. The van der Waals surface area contributed by atoms with E-state index in [0.717, 1.165) is 12.8 Å². The van der Waals surface area contributed by atoms with Gasteiger partial charge in [-0.05, 0) is 32.6 Å². The molecule has 0 spiro atoms. The molecule has 0 radical (unpaired) electrons. The van der Waals surface area contributed by atoms with E-state index in [2.05, 4.69) is 32.1 Å². The molecule has 0 aliphatic rings. The van der Waals surface area contributed by atoms with Crippen LogP contribution in [0.4, 0.5) is 0 Å². The minimum absolute atomic E-state index is 0.282. The molecule has 0 saturated heterocycles. The summed E-state index contributed by atoms with van der Waals surface area (Å²) in [7, 11) is 0. The molecule has 3 heteroatoms. The lowest BCUT2D eigenvalue weighted by molar-refractivity contribution is -0.00637. The molecule has 22 heavy (non-hydrogen) atoms. The third-order valence-electron chi connectivity index (χ3n) is 3.57. The summed E-state index contributed by atoms with van der Waals surface area (Å²) in [5.74, 6) is 0. The Labute approximate surface area is 136 Å². The highest BCUT2D eigenvalue weighted by Crippen LogP contribution is 2.08. The van der Waals surface area contributed by atoms with Crippen molar-refractivity contribution in [3.05, 3.63) is 36.0 Å². The van der Waals surface area contributed by atoms with Crippen molar-refractivity contribution in [3.63, 3.8) is 0 Å². The van der Waals surface area contributed by atoms with Crippen molar-refractivity contribution in [1.82, 2.24) is 0 Å². The maximum atomic E-state index is 9.41. The standard InChI is InChI=1S/C19H35NO2/c1-3-4-5-6-7-8-11-14-18(2)15-12-9-10-13-16-19(20,22)17-21/h10-11,13-15,21-22H,3-9,12,16-17,20H2,1-2H3. The summed E-state index contributed by atoms with van der Waals surface area (Å²) in [5.41, 5.74) is 5.23. The first-order chi connectivity index (χ1) is 10.5. The Morgan fingerprint density at radius 3 is 2.41 bits per heavy atom. The van der Waals surface area contributed by atoms with Crippen LogP contribution >= 0.6 is 0 Å². The third kappa shape index (κ3) is 14.1. The Hall–Kier alpha value is -0.900. The van der Waals surface area contributed by atoms with Gasteiger partial charge in [-0.1, -0.05) is 68.6 Å². The first-order valence-electron chi connectivity index (χ1n) is 8.62. The van der Waals surface area contributed by atoms with Gasteiger partial charge in [-0.2, -0.15) is 0 Å². The van der Waals surface area contributed by atoms with Crippen LogP contribution in [0.1, 0.15) is 71.6 Å². The van der Waals surface area contributed by atoms with Gasteiger partial charge in [-0.15, -0.1) is 0 Å². The molecule has 0 aromatic heterocycles. The van der Waals surface area contributed by atoms with Gasteiger partial charge in [0.05, 0.1) is 6.61 Å². The lowest BCUT2D eigenvalue weighted by Crippen LogP contribution is -2.42. The van der Waals surface area contributed by atoms with Gasteiger partial charge < -0.3 is 15.9 Å². The van der Waals surface area contributed by atoms with Gasteiger partial charge in [0.2, 0.25) is 0 Å². The molecular formula is C19H35NO2. The Morgan fingerprint density at radius 2 is 1.73 bits per heavy atom. The zero-order valence-corrected chi connectivity index (χ0v) is 14.4. The van der Waals surface area contributed by atoms with Crippen molar-refractivity contribution in [2.45, 2.75) is 77.4 Å². The number of unbranched alkanes of at least 4 members (excludes halogenated alkanes) is 6. The minimum Gasteiger partial charge on any atom is -0.392 e. The predicted molar refractivity (Wildman–Crippen MR) is 95.5 cm³/mol. The average Bonchev–Trinajstić information content (AvgIpc) is 2.49. The Kier molecular flexibility index (Phi) is 13.2. The fourth-order valence-electron chi connectivity index (χ4n) is 2.08. The van der Waals surface area contributed by atoms with E-state index in [1.165, 1.54) is 44.1 Å². The quantitative estimate of drug-likeness (QED) is 0.206. The number of rotatable bonds is 13. The van der Waals surface area contributed by atoms with Crippen molar-refractivity contribution in [3.8, 4) is 0 Å². The summed E-state index contributed by atoms with van der Waals surface area (Å²) in [4.78, 5) is 0. The number of hydrogen-bond acceptors (Lipinski definition) is 3. The van der Waals surface area contributed by atoms with Crippen LogP contribution in [-0.2, 0) is 0 Å². The molecule has 1 atom stereocenters. The molecule has 0 aliphatic carbocycles. The molecule has 128 valence electrons. The molecule has 0 aliphatic heterocycles. The number of aliphatic hydroxyl groups is 2. The molecule has 0 aromatic carbocycles. The predicted octanol–water partition coefficient (Wildman–Crippen LogP) is 4.22. The second kappa shape index (κ2) is 13.7. The molecule has 0 heterocycles. The topological polar surface area (TPSA) is 66.5 Å². The fourth-order valence-corrected chi connectivity index (χ4v) is 2.08. The lowest BCUT2D eigenvalue weighted by atomic mass is 10.1. The molecule has 1 unspecified atom stereocenters. The summed E-state index contributed by atoms with van der Waals surface area (Å²) in [5, 5.41) is 18.2. The highest BCUT2D eigenvalue weighted by Gasteiger charge is 2.16. The van der Waals surface area contributed by atoms with Gasteiger partial charge in [0.25, 0.3) is 0 Å². The molecule has 4 N–H and O–H groups in total. The highest BCUT2D eigenvalue weighted by molar-refractivity contribution is 5.15. The van der Waals surface area contributed by atoms with Gasteiger partial charge in [0.1, 0.15) is 5.72 Å². The Bertz CT molecular complexity index is 343. The minimum atomic E-state index is -1.48. The van der Waals surface area contributed by atoms with Crippen LogP contribution in [0.3, 0.4) is 0 Å². The zero-order chi connectivity index (χ0) is 16.7. The first-order valence-corrected chi connectivity index (χ1v) is 8.62. The highest BCUT2D eigenvalue weighted by atomic mass is 16.3. The van der Waals surface area contributed by atoms with Gasteiger partial charge >= 0.3 is 0 Å². The van der Waals surface area contributed by atoms with Gasteiger partial charge in [-0.25, -0.2) is 0 Å². The van der Waals surface area contributed by atoms with E-state index in [1.807, 2.05) is 12.2 Å². The molecule has 0 saturated carbocycles. The van der Waals surface area contributed by atoms with E-state index in [4.69, 9.17) is 10.8 Å². The maximum Gasteiger partial charge on any atom is 0.140 e. The van der Waals surface area contributed by atoms with E-state index in [-0.39, 0.29) is 6.42 Å². The fraction of sp³-hybridized carbons (Fsp3) is 0.684. The number of hydrogen-bond donors (Lipinski definition) is 3. The monoisotopic (exact) mass is 309 g/mol. The van der Waals surface area contributed by atoms with Crippen LogP contribution in [0.5, 0.6) is 0 Å². The van der Waals surface area contributed by atoms with Crippen molar-refractivity contribution in [1.29, 1.82) is 0 Å². The SMILES string of the molecule is CCCCCCCC=CC(C)=CCCC=CCC(N)(O)CO. The summed E-state index contributed by atoms with van der Waals surface area (Å²) >= 11 is 0. The number of allylic oxidation sites excluding steroid dienone is 5. The molecule has 0 amide bonds. The van der Waals surface area contributed by atoms with Crippen molar-refractivity contribution in [2.75, 3.05) is 6.61 Å². The summed E-state index contributed by atoms with van der Waals surface area (Å²) in [6.07, 6.45) is 20.5. The second-order valence-corrected chi connectivity index (χ2v) is 6.07. The van der Waals surface area contributed by atoms with Crippen LogP contribution in [0.15, 0.2) is 36.0 Å². The van der Waals surface area contributed by atoms with Gasteiger partial charge in [0, 0.05) is 6.42 Å². The van der Waals surface area contributed by atoms with Crippen LogP contribution in [0, 0.1) is 0 Å². The number of nitrogens with two attached hydrogens (primary N) is 1. The third-order valence-corrected chi connectivity index (χ3v) is 3.57. The van der Waals surface area contributed by atoms with Crippen LogP contribution in [-0.4, -0.2) is 22.5 Å². The van der Waals surface area contributed by atoms with Crippen molar-refractivity contribution >= 4 is 0 Å². The Balaban J connectivity index is 3.69. The van der Waals surface area contributed by atoms with Crippen molar-refractivity contribution in [2.24, 2.45) is 5.73 Å². The van der Waals surface area contributed by atoms with Gasteiger partial charge in [-0.3, -0.25) is 0 Å². The van der Waals surface area contributed by atoms with Crippen molar-refractivity contribution < 1.29 is 10.2 Å². The van der Waals surface area contributed by atoms with Gasteiger partial charge in [0.15, 0.2) is 0 Å². The summed E-state index contributed by atoms with van der Waals surface area (Å²) < 4.78 is 0. The molecule has 0 bridgehead atoms. The van der Waals surface area contributed by atoms with E-state index in [9.17, 15) is 5.11 Å². The van der Waals surface area contributed by atoms with Crippen LogP contribution in [0.2, 0.25) is 0 Å². The summed E-state index contributed by atoms with van der Waals surface area (Å²) in [6.45, 7) is 3.95. The van der Waals surface area contributed by atoms with Crippen LogP contribution < -0.4 is 5.73 Å². The van der Waals surface area contributed by atoms with E-state index in [1.54, 1.807) is 0 Å². The largest absolute Gasteiger partial charge is 0.392 e. The lowest BCUT2D eigenvalue weighted by Gasteiger charge is -2.17. The molecule has 0 fully saturated rings. The van der Waals surface area contributed by atoms with E-state index in [0.29, 0.717) is 0 Å². The normalized spacial score (nSPS) is 15.8. The Morgan fingerprint density at radius 1 is 1.00 bits per heavy atom. The smallest absolute Gasteiger partial charge is 0.140 e. The van der Waals surface area contributed by atoms with Crippen LogP contribution in [0.25, 0.3) is 0 Å². The summed E-state index contributed by atoms with van der Waals surface area (Å²) in [6, 6.07) is 0. The second-order valence-electron chi connectivity index (χ2n) is 6.07. The average molecular weight is 309 g/mol. The molecule has 0 rings (SSSR count). The zero-order valence-electron chi connectivity index (χ0n) is 14.4. The van der Waals surface area contributed by atoms with E-state index >= 15 is 0 Å². The maximum absolute atomic E-state index is 9.41. The molecule has 3 nitrogen and oxygen atoms in total. The van der Waals surface area contributed by atoms with E-state index < -0.39 is 12.3 Å². The number of aliphatic hydroxyl groups excluding tert-OH is 1.